The summed E-state index contributed by atoms with van der Waals surface area (Å²) in [5.41, 5.74) is 0.550. The lowest BCUT2D eigenvalue weighted by atomic mass is 9.91. The van der Waals surface area contributed by atoms with Crippen molar-refractivity contribution in [3.05, 3.63) is 0 Å². The maximum Gasteiger partial charge on any atom is 0.401 e. The zero-order valence-corrected chi connectivity index (χ0v) is 12.1. The van der Waals surface area contributed by atoms with E-state index < -0.39 is 12.7 Å². The summed E-state index contributed by atoms with van der Waals surface area (Å²) in [5.74, 6) is 0. The largest absolute Gasteiger partial charge is 0.401 e. The van der Waals surface area contributed by atoms with Crippen molar-refractivity contribution in [2.24, 2.45) is 5.41 Å². The predicted octanol–water partition coefficient (Wildman–Crippen LogP) is 4.72. The minimum absolute atomic E-state index is 0.500. The first-order valence-corrected chi connectivity index (χ1v) is 6.27. The summed E-state index contributed by atoms with van der Waals surface area (Å²) < 4.78 is 34.8. The van der Waals surface area contributed by atoms with Crippen LogP contribution in [0.15, 0.2) is 0 Å². The Bertz CT molecular complexity index is 170. The van der Waals surface area contributed by atoms with Gasteiger partial charge >= 0.3 is 6.18 Å². The summed E-state index contributed by atoms with van der Waals surface area (Å²) in [6.45, 7) is 10.6. The topological polar surface area (TPSA) is 3.24 Å². The zero-order chi connectivity index (χ0) is 14.1. The summed E-state index contributed by atoms with van der Waals surface area (Å²) in [6, 6.07) is 0. The quantitative estimate of drug-likeness (QED) is 0.702. The Morgan fingerprint density at radius 2 is 1.41 bits per heavy atom. The smallest absolute Gasteiger partial charge is 0.298 e. The summed E-state index contributed by atoms with van der Waals surface area (Å²) >= 11 is 0. The number of rotatable bonds is 4. The van der Waals surface area contributed by atoms with E-state index in [9.17, 15) is 13.2 Å². The molecule has 106 valence electrons. The van der Waals surface area contributed by atoms with E-state index in [-0.39, 0.29) is 0 Å². The van der Waals surface area contributed by atoms with Crippen LogP contribution in [0.5, 0.6) is 0 Å². The Kier molecular flexibility index (Phi) is 9.87. The molecule has 0 saturated heterocycles. The van der Waals surface area contributed by atoms with Gasteiger partial charge in [-0.15, -0.1) is 0 Å². The van der Waals surface area contributed by atoms with Gasteiger partial charge in [-0.2, -0.15) is 13.2 Å². The lowest BCUT2D eigenvalue weighted by molar-refractivity contribution is -0.142. The van der Waals surface area contributed by atoms with Crippen molar-refractivity contribution in [3.8, 4) is 0 Å². The van der Waals surface area contributed by atoms with E-state index >= 15 is 0 Å². The van der Waals surface area contributed by atoms with Gasteiger partial charge in [-0.1, -0.05) is 41.0 Å². The van der Waals surface area contributed by atoms with Gasteiger partial charge in [0.25, 0.3) is 0 Å². The van der Waals surface area contributed by atoms with E-state index in [0.717, 1.165) is 6.42 Å². The molecule has 0 aromatic rings. The molecule has 0 aromatic carbocycles. The molecule has 0 N–H and O–H groups in total. The summed E-state index contributed by atoms with van der Waals surface area (Å²) in [7, 11) is 1.47. The van der Waals surface area contributed by atoms with Crippen LogP contribution in [0.1, 0.15) is 53.9 Å². The predicted molar refractivity (Wildman–Crippen MR) is 68.2 cm³/mol. The van der Waals surface area contributed by atoms with E-state index in [1.807, 2.05) is 6.92 Å². The third-order valence-corrected chi connectivity index (χ3v) is 2.05. The van der Waals surface area contributed by atoms with Crippen LogP contribution >= 0.6 is 0 Å². The normalized spacial score (nSPS) is 12.4. The molecule has 0 rings (SSSR count). The first-order chi connectivity index (χ1) is 7.52. The second-order valence-electron chi connectivity index (χ2n) is 5.66. The molecule has 0 aliphatic heterocycles. The van der Waals surface area contributed by atoms with Crippen molar-refractivity contribution >= 4 is 0 Å². The van der Waals surface area contributed by atoms with Crippen molar-refractivity contribution in [1.82, 2.24) is 4.90 Å². The number of hydrogen-bond acceptors (Lipinski definition) is 1. The Hall–Kier alpha value is -0.250. The molecule has 0 aliphatic carbocycles. The fraction of sp³-hybridized carbons (Fsp3) is 1.00. The highest BCUT2D eigenvalue weighted by Crippen LogP contribution is 2.19. The monoisotopic (exact) mass is 255 g/mol. The second kappa shape index (κ2) is 8.78. The van der Waals surface area contributed by atoms with E-state index in [1.54, 1.807) is 0 Å². The average Bonchev–Trinajstić information content (AvgIpc) is 1.98. The highest BCUT2D eigenvalue weighted by atomic mass is 19.4. The molecule has 0 radical (unpaired) electrons. The fourth-order valence-corrected chi connectivity index (χ4v) is 1.52. The fourth-order valence-electron chi connectivity index (χ4n) is 1.52. The van der Waals surface area contributed by atoms with Crippen molar-refractivity contribution in [2.75, 3.05) is 20.1 Å². The van der Waals surface area contributed by atoms with Crippen molar-refractivity contribution < 1.29 is 13.2 Å². The molecule has 0 unspecified atom stereocenters. The molecule has 0 fully saturated rings. The Balaban J connectivity index is 0. The third kappa shape index (κ3) is 21.6. The van der Waals surface area contributed by atoms with Gasteiger partial charge in [0.2, 0.25) is 0 Å². The lowest BCUT2D eigenvalue weighted by Gasteiger charge is -2.16. The van der Waals surface area contributed by atoms with E-state index in [4.69, 9.17) is 0 Å². The van der Waals surface area contributed by atoms with Gasteiger partial charge in [0.15, 0.2) is 0 Å². The van der Waals surface area contributed by atoms with Crippen LogP contribution in [0, 0.1) is 5.41 Å². The van der Waals surface area contributed by atoms with Gasteiger partial charge in [0.1, 0.15) is 0 Å². The second-order valence-corrected chi connectivity index (χ2v) is 5.66. The molecular formula is C13H28F3N. The Labute approximate surface area is 104 Å². The number of alkyl halides is 3. The van der Waals surface area contributed by atoms with Crippen LogP contribution in [0.2, 0.25) is 0 Å². The van der Waals surface area contributed by atoms with Crippen LogP contribution in [-0.4, -0.2) is 31.2 Å². The third-order valence-electron chi connectivity index (χ3n) is 2.05. The minimum atomic E-state index is -4.05. The zero-order valence-electron chi connectivity index (χ0n) is 12.1. The maximum absolute atomic E-state index is 11.6. The first-order valence-electron chi connectivity index (χ1n) is 6.27. The van der Waals surface area contributed by atoms with Crippen molar-refractivity contribution in [1.29, 1.82) is 0 Å². The van der Waals surface area contributed by atoms with Crippen LogP contribution in [0.25, 0.3) is 0 Å². The van der Waals surface area contributed by atoms with E-state index in [2.05, 4.69) is 27.7 Å². The average molecular weight is 255 g/mol. The number of nitrogens with zero attached hydrogens (tertiary/aromatic N) is 1. The molecule has 0 aromatic heterocycles. The van der Waals surface area contributed by atoms with Gasteiger partial charge in [0, 0.05) is 0 Å². The molecule has 0 saturated carbocycles. The Morgan fingerprint density at radius 3 is 1.59 bits per heavy atom. The molecule has 17 heavy (non-hydrogen) atoms. The molecule has 0 spiro atoms. The van der Waals surface area contributed by atoms with Crippen LogP contribution in [0.3, 0.4) is 0 Å². The summed E-state index contributed by atoms with van der Waals surface area (Å²) in [5, 5.41) is 0. The van der Waals surface area contributed by atoms with Crippen LogP contribution < -0.4 is 0 Å². The highest BCUT2D eigenvalue weighted by Gasteiger charge is 2.28. The Morgan fingerprint density at radius 1 is 0.941 bits per heavy atom. The molecule has 0 bridgehead atoms. The summed E-state index contributed by atoms with van der Waals surface area (Å²) in [6.07, 6.45) is -0.646. The van der Waals surface area contributed by atoms with Crippen LogP contribution in [0.4, 0.5) is 13.2 Å². The molecular weight excluding hydrogens is 227 g/mol. The van der Waals surface area contributed by atoms with Gasteiger partial charge in [0.05, 0.1) is 6.54 Å². The molecule has 1 nitrogen and oxygen atoms in total. The van der Waals surface area contributed by atoms with Gasteiger partial charge in [-0.25, -0.2) is 0 Å². The number of hydrogen-bond donors (Lipinski definition) is 0. The molecule has 0 heterocycles. The molecule has 0 atom stereocenters. The maximum atomic E-state index is 11.6. The standard InChI is InChI=1S/C7H16.C6H12F3N/c1-5-6-7(2,3)4;1-3-4-10(2)5-6(7,8)9/h5-6H2,1-4H3;3-5H2,1-2H3. The van der Waals surface area contributed by atoms with Crippen molar-refractivity contribution in [2.45, 2.75) is 60.1 Å². The van der Waals surface area contributed by atoms with Crippen molar-refractivity contribution in [3.63, 3.8) is 0 Å². The van der Waals surface area contributed by atoms with Crippen LogP contribution in [-0.2, 0) is 0 Å². The van der Waals surface area contributed by atoms with Gasteiger partial charge < -0.3 is 0 Å². The lowest BCUT2D eigenvalue weighted by Crippen LogP contribution is -2.31. The van der Waals surface area contributed by atoms with Gasteiger partial charge in [-0.05, 0) is 31.8 Å². The molecule has 0 amide bonds. The van der Waals surface area contributed by atoms with E-state index in [0.29, 0.717) is 12.0 Å². The molecule has 4 heteroatoms. The van der Waals surface area contributed by atoms with E-state index in [1.165, 1.54) is 24.8 Å². The SMILES string of the molecule is CCCC(C)(C)C.CCCN(C)CC(F)(F)F. The molecule has 0 aliphatic rings. The van der Waals surface area contributed by atoms with Gasteiger partial charge in [-0.3, -0.25) is 4.90 Å². The minimum Gasteiger partial charge on any atom is -0.298 e. The highest BCUT2D eigenvalue weighted by molar-refractivity contribution is 4.58. The first kappa shape index (κ1) is 19.1. The number of halogens is 3. The summed E-state index contributed by atoms with van der Waals surface area (Å²) in [4.78, 5) is 1.26.